The van der Waals surface area contributed by atoms with Gasteiger partial charge in [0.1, 0.15) is 0 Å². The normalized spacial score (nSPS) is 17.0. The number of amides is 1. The van der Waals surface area contributed by atoms with Crippen molar-refractivity contribution in [2.75, 3.05) is 40.3 Å². The van der Waals surface area contributed by atoms with Gasteiger partial charge in [-0.25, -0.2) is 12.7 Å². The van der Waals surface area contributed by atoms with E-state index < -0.39 is 10.0 Å². The van der Waals surface area contributed by atoms with Gasteiger partial charge in [0.05, 0.1) is 4.90 Å². The summed E-state index contributed by atoms with van der Waals surface area (Å²) in [7, 11) is -0.489. The minimum Gasteiger partial charge on any atom is -0.352 e. The molecule has 0 saturated carbocycles. The average Bonchev–Trinajstić information content (AvgIpc) is 2.60. The predicted octanol–water partition coefficient (Wildman–Crippen LogP) is 2.03. The van der Waals surface area contributed by atoms with Gasteiger partial charge in [-0.2, -0.15) is 0 Å². The van der Waals surface area contributed by atoms with E-state index in [2.05, 4.69) is 24.1 Å². The Morgan fingerprint density at radius 1 is 1.19 bits per heavy atom. The second kappa shape index (κ2) is 8.97. The highest BCUT2D eigenvalue weighted by molar-refractivity contribution is 7.89. The lowest BCUT2D eigenvalue weighted by molar-refractivity contribution is 0.0934. The number of carbonyl (C=O) groups is 1. The molecular weight excluding hydrogens is 350 g/mol. The molecular formula is C19H31N3O3S. The number of hydrogen-bond donors (Lipinski definition) is 1. The van der Waals surface area contributed by atoms with Crippen molar-refractivity contribution in [3.8, 4) is 0 Å². The number of nitrogens with one attached hydrogen (secondary N) is 1. The topological polar surface area (TPSA) is 69.7 Å². The van der Waals surface area contributed by atoms with Crippen LogP contribution in [0.2, 0.25) is 0 Å². The van der Waals surface area contributed by atoms with Crippen molar-refractivity contribution in [2.45, 2.75) is 31.6 Å². The Balaban J connectivity index is 1.84. The van der Waals surface area contributed by atoms with Gasteiger partial charge in [0.2, 0.25) is 10.0 Å². The van der Waals surface area contributed by atoms with E-state index in [1.54, 1.807) is 12.1 Å². The molecule has 1 aromatic rings. The molecule has 0 aliphatic carbocycles. The second-order valence-corrected chi connectivity index (χ2v) is 9.81. The fourth-order valence-electron chi connectivity index (χ4n) is 3.22. The standard InChI is InChI=1S/C19H31N3O3S/c1-15(2)14-22-11-9-16(10-12-22)13-20-19(23)17-5-7-18(8-6-17)26(24,25)21(3)4/h5-8,15-16H,9-14H2,1-4H3,(H,20,23). The van der Waals surface area contributed by atoms with Gasteiger partial charge in [-0.3, -0.25) is 4.79 Å². The summed E-state index contributed by atoms with van der Waals surface area (Å²) in [4.78, 5) is 15.0. The van der Waals surface area contributed by atoms with E-state index in [-0.39, 0.29) is 10.8 Å². The Labute approximate surface area is 157 Å². The molecule has 6 nitrogen and oxygen atoms in total. The Kier molecular flexibility index (Phi) is 7.20. The van der Waals surface area contributed by atoms with Crippen LogP contribution in [0.3, 0.4) is 0 Å². The summed E-state index contributed by atoms with van der Waals surface area (Å²) in [6, 6.07) is 6.09. The number of hydrogen-bond acceptors (Lipinski definition) is 4. The molecule has 1 fully saturated rings. The van der Waals surface area contributed by atoms with Crippen LogP contribution >= 0.6 is 0 Å². The molecule has 0 unspecified atom stereocenters. The minimum absolute atomic E-state index is 0.150. The van der Waals surface area contributed by atoms with E-state index in [0.29, 0.717) is 23.9 Å². The predicted molar refractivity (Wildman–Crippen MR) is 104 cm³/mol. The van der Waals surface area contributed by atoms with Gasteiger partial charge in [0, 0.05) is 32.7 Å². The summed E-state index contributed by atoms with van der Waals surface area (Å²) < 4.78 is 25.3. The van der Waals surface area contributed by atoms with Crippen LogP contribution in [0.1, 0.15) is 37.0 Å². The number of benzene rings is 1. The van der Waals surface area contributed by atoms with E-state index in [1.165, 1.54) is 26.2 Å². The number of carbonyl (C=O) groups excluding carboxylic acids is 1. The summed E-state index contributed by atoms with van der Waals surface area (Å²) in [6.45, 7) is 8.47. The maximum Gasteiger partial charge on any atom is 0.251 e. The van der Waals surface area contributed by atoms with Gasteiger partial charge in [-0.1, -0.05) is 13.8 Å². The van der Waals surface area contributed by atoms with Crippen LogP contribution in [0.5, 0.6) is 0 Å². The molecule has 1 heterocycles. The van der Waals surface area contributed by atoms with E-state index in [1.807, 2.05) is 0 Å². The summed E-state index contributed by atoms with van der Waals surface area (Å²) in [5.74, 6) is 1.05. The first kappa shape index (κ1) is 20.9. The molecule has 1 saturated heterocycles. The van der Waals surface area contributed by atoms with Crippen molar-refractivity contribution in [1.29, 1.82) is 0 Å². The molecule has 0 radical (unpaired) electrons. The lowest BCUT2D eigenvalue weighted by atomic mass is 9.96. The van der Waals surface area contributed by atoms with E-state index in [9.17, 15) is 13.2 Å². The summed E-state index contributed by atoms with van der Waals surface area (Å²) in [5.41, 5.74) is 0.486. The van der Waals surface area contributed by atoms with E-state index in [4.69, 9.17) is 0 Å². The third-order valence-electron chi connectivity index (χ3n) is 4.78. The number of rotatable bonds is 7. The lowest BCUT2D eigenvalue weighted by Gasteiger charge is -2.33. The highest BCUT2D eigenvalue weighted by atomic mass is 32.2. The van der Waals surface area contributed by atoms with Crippen LogP contribution in [0.4, 0.5) is 0 Å². The maximum atomic E-state index is 12.3. The number of nitrogens with zero attached hydrogens (tertiary/aromatic N) is 2. The zero-order valence-electron chi connectivity index (χ0n) is 16.2. The molecule has 1 aromatic carbocycles. The number of likely N-dealkylation sites (tertiary alicyclic amines) is 1. The monoisotopic (exact) mass is 381 g/mol. The van der Waals surface area contributed by atoms with Gasteiger partial charge >= 0.3 is 0 Å². The smallest absolute Gasteiger partial charge is 0.251 e. The van der Waals surface area contributed by atoms with Crippen molar-refractivity contribution in [1.82, 2.24) is 14.5 Å². The lowest BCUT2D eigenvalue weighted by Crippen LogP contribution is -2.40. The SMILES string of the molecule is CC(C)CN1CCC(CNC(=O)c2ccc(S(=O)(=O)N(C)C)cc2)CC1. The highest BCUT2D eigenvalue weighted by Gasteiger charge is 2.21. The van der Waals surface area contributed by atoms with E-state index >= 15 is 0 Å². The van der Waals surface area contributed by atoms with Gasteiger partial charge in [-0.05, 0) is 62.0 Å². The Hall–Kier alpha value is -1.44. The maximum absolute atomic E-state index is 12.3. The Morgan fingerprint density at radius 3 is 2.27 bits per heavy atom. The molecule has 1 aliphatic rings. The van der Waals surface area contributed by atoms with Gasteiger partial charge in [0.15, 0.2) is 0 Å². The first-order chi connectivity index (χ1) is 12.2. The van der Waals surface area contributed by atoms with Crippen LogP contribution in [0, 0.1) is 11.8 Å². The fourth-order valence-corrected chi connectivity index (χ4v) is 4.12. The summed E-state index contributed by atoms with van der Waals surface area (Å²) in [6.07, 6.45) is 2.21. The zero-order valence-corrected chi connectivity index (χ0v) is 17.1. The van der Waals surface area contributed by atoms with Crippen LogP contribution < -0.4 is 5.32 Å². The van der Waals surface area contributed by atoms with Crippen molar-refractivity contribution in [3.63, 3.8) is 0 Å². The molecule has 146 valence electrons. The van der Waals surface area contributed by atoms with Crippen LogP contribution in [-0.4, -0.2) is 63.8 Å². The van der Waals surface area contributed by atoms with Crippen LogP contribution in [0.25, 0.3) is 0 Å². The molecule has 1 aliphatic heterocycles. The second-order valence-electron chi connectivity index (χ2n) is 7.66. The first-order valence-electron chi connectivity index (χ1n) is 9.23. The largest absolute Gasteiger partial charge is 0.352 e. The fraction of sp³-hybridized carbons (Fsp3) is 0.632. The van der Waals surface area contributed by atoms with Gasteiger partial charge in [0.25, 0.3) is 5.91 Å². The third-order valence-corrected chi connectivity index (χ3v) is 6.61. The third kappa shape index (κ3) is 5.53. The number of sulfonamides is 1. The molecule has 26 heavy (non-hydrogen) atoms. The Bertz CT molecular complexity index is 691. The number of piperidine rings is 1. The summed E-state index contributed by atoms with van der Waals surface area (Å²) in [5, 5.41) is 2.99. The van der Waals surface area contributed by atoms with Crippen LogP contribution in [-0.2, 0) is 10.0 Å². The first-order valence-corrected chi connectivity index (χ1v) is 10.7. The zero-order chi connectivity index (χ0) is 19.3. The van der Waals surface area contributed by atoms with Crippen molar-refractivity contribution in [3.05, 3.63) is 29.8 Å². The van der Waals surface area contributed by atoms with Crippen LogP contribution in [0.15, 0.2) is 29.2 Å². The molecule has 1 amide bonds. The molecule has 0 bridgehead atoms. The Morgan fingerprint density at radius 2 is 1.77 bits per heavy atom. The van der Waals surface area contributed by atoms with Crippen molar-refractivity contribution >= 4 is 15.9 Å². The van der Waals surface area contributed by atoms with Crippen molar-refractivity contribution < 1.29 is 13.2 Å². The molecule has 0 aromatic heterocycles. The molecule has 7 heteroatoms. The summed E-state index contributed by atoms with van der Waals surface area (Å²) >= 11 is 0. The molecule has 0 atom stereocenters. The quantitative estimate of drug-likeness (QED) is 0.785. The van der Waals surface area contributed by atoms with Gasteiger partial charge in [-0.15, -0.1) is 0 Å². The average molecular weight is 382 g/mol. The molecule has 0 spiro atoms. The molecule has 1 N–H and O–H groups in total. The molecule has 2 rings (SSSR count). The minimum atomic E-state index is -3.47. The van der Waals surface area contributed by atoms with Crippen molar-refractivity contribution in [2.24, 2.45) is 11.8 Å². The van der Waals surface area contributed by atoms with E-state index in [0.717, 1.165) is 36.8 Å². The highest BCUT2D eigenvalue weighted by Crippen LogP contribution is 2.18. The van der Waals surface area contributed by atoms with Gasteiger partial charge < -0.3 is 10.2 Å².